The molecule has 0 N–H and O–H groups in total. The Balaban J connectivity index is 2.50. The van der Waals surface area contributed by atoms with Gasteiger partial charge in [-0.1, -0.05) is 24.7 Å². The monoisotopic (exact) mass is 285 g/mol. The van der Waals surface area contributed by atoms with Gasteiger partial charge in [-0.3, -0.25) is 9.19 Å². The zero-order chi connectivity index (χ0) is 12.3. The average Bonchev–Trinajstić information content (AvgIpc) is 2.39. The number of pyridine rings is 1. The van der Waals surface area contributed by atoms with Gasteiger partial charge in [0.05, 0.1) is 4.20 Å². The Morgan fingerprint density at radius 3 is 3.00 bits per heavy atom. The van der Waals surface area contributed by atoms with Crippen molar-refractivity contribution < 1.29 is 4.21 Å². The minimum Gasteiger partial charge on any atom is -0.264 e. The Labute approximate surface area is 114 Å². The molecule has 2 unspecified atom stereocenters. The predicted octanol–water partition coefficient (Wildman–Crippen LogP) is 2.90. The molecule has 1 aliphatic heterocycles. The maximum Gasteiger partial charge on any atom is 0.113 e. The van der Waals surface area contributed by atoms with E-state index in [0.717, 1.165) is 34.8 Å². The third kappa shape index (κ3) is 2.33. The second-order valence-electron chi connectivity index (χ2n) is 4.07. The molecule has 17 heavy (non-hydrogen) atoms. The third-order valence-electron chi connectivity index (χ3n) is 3.14. The Morgan fingerprint density at radius 2 is 2.41 bits per heavy atom. The van der Waals surface area contributed by atoms with E-state index >= 15 is 0 Å². The fourth-order valence-corrected chi connectivity index (χ4v) is 5.58. The lowest BCUT2D eigenvalue weighted by Crippen LogP contribution is -2.41. The van der Waals surface area contributed by atoms with Crippen molar-refractivity contribution in [3.8, 4) is 0 Å². The van der Waals surface area contributed by atoms with Gasteiger partial charge in [0.2, 0.25) is 0 Å². The fourth-order valence-electron chi connectivity index (χ4n) is 2.25. The van der Waals surface area contributed by atoms with Crippen LogP contribution in [0.1, 0.15) is 24.8 Å². The van der Waals surface area contributed by atoms with Gasteiger partial charge >= 0.3 is 0 Å². The van der Waals surface area contributed by atoms with Crippen LogP contribution >= 0.6 is 24.0 Å². The fraction of sp³-hybridized carbons (Fsp3) is 0.500. The molecule has 2 atom stereocenters. The minimum absolute atomic E-state index is 0.457. The molecule has 0 saturated carbocycles. The molecule has 1 aromatic heterocycles. The van der Waals surface area contributed by atoms with Crippen LogP contribution in [0.25, 0.3) is 0 Å². The molecular weight excluding hydrogens is 270 g/mol. The van der Waals surface area contributed by atoms with E-state index in [9.17, 15) is 4.21 Å². The number of aromatic nitrogens is 1. The second-order valence-corrected chi connectivity index (χ2v) is 7.35. The van der Waals surface area contributed by atoms with Gasteiger partial charge in [-0.05, 0) is 30.7 Å². The summed E-state index contributed by atoms with van der Waals surface area (Å²) in [5.74, 6) is 0.746. The molecule has 92 valence electrons. The van der Waals surface area contributed by atoms with Crippen LogP contribution in [-0.4, -0.2) is 25.4 Å². The topological polar surface area (TPSA) is 30.0 Å². The van der Waals surface area contributed by atoms with Gasteiger partial charge in [0.25, 0.3) is 0 Å². The molecule has 2 rings (SSSR count). The molecule has 0 aromatic carbocycles. The summed E-state index contributed by atoms with van der Waals surface area (Å²) in [7, 11) is -0.920. The first kappa shape index (κ1) is 13.2. The molecule has 1 saturated heterocycles. The van der Waals surface area contributed by atoms with Crippen molar-refractivity contribution in [2.24, 2.45) is 0 Å². The van der Waals surface area contributed by atoms with E-state index in [1.165, 1.54) is 11.8 Å². The number of hydrogen-bond acceptors (Lipinski definition) is 4. The molecule has 0 amide bonds. The zero-order valence-electron chi connectivity index (χ0n) is 9.72. The largest absolute Gasteiger partial charge is 0.264 e. The summed E-state index contributed by atoms with van der Waals surface area (Å²) >= 11 is 7.03. The smallest absolute Gasteiger partial charge is 0.113 e. The van der Waals surface area contributed by atoms with Gasteiger partial charge in [0.1, 0.15) is 4.75 Å². The van der Waals surface area contributed by atoms with E-state index in [4.69, 9.17) is 12.2 Å². The van der Waals surface area contributed by atoms with Gasteiger partial charge in [0, 0.05) is 28.9 Å². The lowest BCUT2D eigenvalue weighted by atomic mass is 9.95. The SMILES string of the molecule is CSC(=S)C1(c2cccnc2)CCCCS1=O. The van der Waals surface area contributed by atoms with E-state index in [1.807, 2.05) is 24.6 Å². The van der Waals surface area contributed by atoms with Crippen molar-refractivity contribution >= 4 is 39.0 Å². The van der Waals surface area contributed by atoms with Gasteiger partial charge < -0.3 is 0 Å². The lowest BCUT2D eigenvalue weighted by Gasteiger charge is -2.36. The Hall–Kier alpha value is -0.260. The number of hydrogen-bond donors (Lipinski definition) is 0. The van der Waals surface area contributed by atoms with Gasteiger partial charge in [-0.2, -0.15) is 0 Å². The standard InChI is InChI=1S/C12H15NOS3/c1-16-11(15)12(6-2-3-8-17(12)14)10-5-4-7-13-9-10/h4-5,7,9H,2-3,6,8H2,1H3. The van der Waals surface area contributed by atoms with Crippen LogP contribution in [0.3, 0.4) is 0 Å². The molecule has 5 heteroatoms. The summed E-state index contributed by atoms with van der Waals surface area (Å²) in [6, 6.07) is 3.89. The second kappa shape index (κ2) is 5.59. The van der Waals surface area contributed by atoms with Crippen molar-refractivity contribution in [3.05, 3.63) is 30.1 Å². The zero-order valence-corrected chi connectivity index (χ0v) is 12.2. The van der Waals surface area contributed by atoms with Crippen molar-refractivity contribution in [1.29, 1.82) is 0 Å². The van der Waals surface area contributed by atoms with Crippen molar-refractivity contribution in [1.82, 2.24) is 4.98 Å². The van der Waals surface area contributed by atoms with E-state index < -0.39 is 15.5 Å². The van der Waals surface area contributed by atoms with E-state index in [2.05, 4.69) is 4.98 Å². The summed E-state index contributed by atoms with van der Waals surface area (Å²) < 4.78 is 12.9. The van der Waals surface area contributed by atoms with Crippen molar-refractivity contribution in [2.75, 3.05) is 12.0 Å². The van der Waals surface area contributed by atoms with Gasteiger partial charge in [0.15, 0.2) is 0 Å². The van der Waals surface area contributed by atoms with Crippen molar-refractivity contribution in [2.45, 2.75) is 24.0 Å². The summed E-state index contributed by atoms with van der Waals surface area (Å²) in [6.45, 7) is 0. The highest BCUT2D eigenvalue weighted by molar-refractivity contribution is 8.24. The first-order chi connectivity index (χ1) is 8.21. The van der Waals surface area contributed by atoms with Crippen LogP contribution in [0, 0.1) is 0 Å². The molecule has 0 aliphatic carbocycles. The molecule has 0 radical (unpaired) electrons. The molecule has 1 aliphatic rings. The van der Waals surface area contributed by atoms with E-state index in [0.29, 0.717) is 0 Å². The number of thioether (sulfide) groups is 1. The van der Waals surface area contributed by atoms with Gasteiger partial charge in [-0.15, -0.1) is 11.8 Å². The normalized spacial score (nSPS) is 28.9. The average molecular weight is 285 g/mol. The first-order valence-electron chi connectivity index (χ1n) is 5.59. The molecule has 0 bridgehead atoms. The highest BCUT2D eigenvalue weighted by Gasteiger charge is 2.44. The van der Waals surface area contributed by atoms with Crippen LogP contribution in [-0.2, 0) is 15.5 Å². The lowest BCUT2D eigenvalue weighted by molar-refractivity contribution is 0.583. The summed E-state index contributed by atoms with van der Waals surface area (Å²) in [5.41, 5.74) is 1.01. The van der Waals surface area contributed by atoms with Gasteiger partial charge in [-0.25, -0.2) is 0 Å². The van der Waals surface area contributed by atoms with Crippen molar-refractivity contribution in [3.63, 3.8) is 0 Å². The summed E-state index contributed by atoms with van der Waals surface area (Å²) in [5, 5.41) is 0. The molecule has 1 fully saturated rings. The number of rotatable bonds is 2. The Bertz CT molecular complexity index is 425. The molecule has 2 nitrogen and oxygen atoms in total. The summed E-state index contributed by atoms with van der Waals surface area (Å²) in [6.07, 6.45) is 8.51. The van der Waals surface area contributed by atoms with Crippen LogP contribution in [0.15, 0.2) is 24.5 Å². The molecular formula is C12H15NOS3. The molecule has 2 heterocycles. The van der Waals surface area contributed by atoms with Crippen LogP contribution in [0.4, 0.5) is 0 Å². The van der Waals surface area contributed by atoms with Crippen LogP contribution in [0.2, 0.25) is 0 Å². The molecule has 1 aromatic rings. The highest BCUT2D eigenvalue weighted by atomic mass is 32.2. The Morgan fingerprint density at radius 1 is 1.59 bits per heavy atom. The minimum atomic E-state index is -0.920. The maximum atomic E-state index is 12.5. The maximum absolute atomic E-state index is 12.5. The van der Waals surface area contributed by atoms with E-state index in [-0.39, 0.29) is 0 Å². The predicted molar refractivity (Wildman–Crippen MR) is 78.9 cm³/mol. The van der Waals surface area contributed by atoms with E-state index in [1.54, 1.807) is 6.20 Å². The van der Waals surface area contributed by atoms with Crippen LogP contribution < -0.4 is 0 Å². The summed E-state index contributed by atoms with van der Waals surface area (Å²) in [4.78, 5) is 4.15. The highest BCUT2D eigenvalue weighted by Crippen LogP contribution is 2.41. The Kier molecular flexibility index (Phi) is 4.33. The quantitative estimate of drug-likeness (QED) is 0.782. The number of thiocarbonyl (C=S) groups is 1. The number of nitrogens with zero attached hydrogens (tertiary/aromatic N) is 1. The third-order valence-corrected chi connectivity index (χ3v) is 7.05. The first-order valence-corrected chi connectivity index (χ1v) is 8.54. The molecule has 0 spiro atoms. The van der Waals surface area contributed by atoms with Crippen LogP contribution in [0.5, 0.6) is 0 Å².